The van der Waals surface area contributed by atoms with Crippen molar-refractivity contribution in [3.05, 3.63) is 88.5 Å². The lowest BCUT2D eigenvalue weighted by Crippen LogP contribution is -2.48. The van der Waals surface area contributed by atoms with Gasteiger partial charge in [-0.25, -0.2) is 13.6 Å². The van der Waals surface area contributed by atoms with Gasteiger partial charge in [0.1, 0.15) is 4.75 Å². The first-order chi connectivity index (χ1) is 14.0. The Hall–Kier alpha value is -2.81. The molecule has 0 spiro atoms. The van der Waals surface area contributed by atoms with Crippen molar-refractivity contribution in [1.82, 2.24) is 9.97 Å². The van der Waals surface area contributed by atoms with E-state index in [0.29, 0.717) is 28.1 Å². The van der Waals surface area contributed by atoms with Crippen LogP contribution in [0.3, 0.4) is 0 Å². The van der Waals surface area contributed by atoms with Gasteiger partial charge < -0.3 is 10.1 Å². The minimum atomic E-state index is -4.17. The fraction of sp³-hybridized carbons (Fsp3) is 0.273. The lowest BCUT2D eigenvalue weighted by atomic mass is 9.92. The van der Waals surface area contributed by atoms with E-state index >= 15 is 0 Å². The molecule has 2 aromatic heterocycles. The molecule has 3 rings (SSSR count). The second-order valence-electron chi connectivity index (χ2n) is 7.66. The maximum absolute atomic E-state index is 12.8. The lowest BCUT2D eigenvalue weighted by Gasteiger charge is -2.32. The van der Waals surface area contributed by atoms with Crippen molar-refractivity contribution in [2.75, 3.05) is 0 Å². The highest BCUT2D eigenvalue weighted by molar-refractivity contribution is 7.90. The highest BCUT2D eigenvalue weighted by Gasteiger charge is 2.45. The molecule has 1 aromatic carbocycles. The van der Waals surface area contributed by atoms with Gasteiger partial charge >= 0.3 is 0 Å². The molecule has 0 radical (unpaired) electrons. The third-order valence-electron chi connectivity index (χ3n) is 5.49. The van der Waals surface area contributed by atoms with Crippen LogP contribution < -0.4 is 5.14 Å². The number of aromatic nitrogens is 2. The third-order valence-corrected chi connectivity index (χ3v) is 7.18. The van der Waals surface area contributed by atoms with Gasteiger partial charge in [0, 0.05) is 30.1 Å². The number of H-pyrrole nitrogens is 1. The van der Waals surface area contributed by atoms with Gasteiger partial charge in [-0.3, -0.25) is 9.78 Å². The van der Waals surface area contributed by atoms with Crippen LogP contribution in [0, 0.1) is 13.8 Å². The van der Waals surface area contributed by atoms with Gasteiger partial charge in [-0.05, 0) is 44.0 Å². The van der Waals surface area contributed by atoms with Crippen LogP contribution in [0.1, 0.15) is 45.4 Å². The maximum atomic E-state index is 12.8. The molecular weight excluding hydrogens is 402 g/mol. The van der Waals surface area contributed by atoms with E-state index in [4.69, 9.17) is 5.14 Å². The van der Waals surface area contributed by atoms with Crippen molar-refractivity contribution >= 4 is 15.8 Å². The summed E-state index contributed by atoms with van der Waals surface area (Å²) in [5, 5.41) is 16.4. The van der Waals surface area contributed by atoms with Crippen LogP contribution >= 0.6 is 0 Å². The molecule has 158 valence electrons. The summed E-state index contributed by atoms with van der Waals surface area (Å²) >= 11 is 0. The second kappa shape index (κ2) is 8.14. The van der Waals surface area contributed by atoms with Crippen molar-refractivity contribution in [1.29, 1.82) is 0 Å². The molecule has 8 heteroatoms. The molecule has 0 bridgehead atoms. The molecule has 0 amide bonds. The van der Waals surface area contributed by atoms with Crippen LogP contribution in [0.5, 0.6) is 0 Å². The normalized spacial score (nSPS) is 14.8. The molecule has 2 unspecified atom stereocenters. The Balaban J connectivity index is 1.91. The molecule has 2 atom stereocenters. The number of aromatic amines is 1. The second-order valence-corrected chi connectivity index (χ2v) is 9.60. The third kappa shape index (κ3) is 4.07. The van der Waals surface area contributed by atoms with E-state index in [1.54, 1.807) is 37.3 Å². The van der Waals surface area contributed by atoms with E-state index in [2.05, 4.69) is 9.97 Å². The van der Waals surface area contributed by atoms with Gasteiger partial charge in [0.05, 0.1) is 11.8 Å². The molecule has 0 saturated heterocycles. The molecule has 0 saturated carbocycles. The highest BCUT2D eigenvalue weighted by atomic mass is 32.2. The van der Waals surface area contributed by atoms with Gasteiger partial charge in [-0.15, -0.1) is 0 Å². The topological polar surface area (TPSA) is 126 Å². The molecule has 7 nitrogen and oxygen atoms in total. The Morgan fingerprint density at radius 1 is 1.23 bits per heavy atom. The quantitative estimate of drug-likeness (QED) is 0.499. The van der Waals surface area contributed by atoms with Crippen molar-refractivity contribution < 1.29 is 18.3 Å². The molecule has 0 fully saturated rings. The minimum Gasteiger partial charge on any atom is -0.391 e. The number of ketones is 1. The first-order valence-electron chi connectivity index (χ1n) is 9.45. The highest BCUT2D eigenvalue weighted by Crippen LogP contribution is 2.33. The van der Waals surface area contributed by atoms with Gasteiger partial charge in [-0.1, -0.05) is 35.9 Å². The lowest BCUT2D eigenvalue weighted by molar-refractivity contribution is 0.103. The van der Waals surface area contributed by atoms with Crippen LogP contribution in [0.15, 0.2) is 54.9 Å². The fourth-order valence-corrected chi connectivity index (χ4v) is 4.34. The predicted octanol–water partition coefficient (Wildman–Crippen LogP) is 2.36. The van der Waals surface area contributed by atoms with E-state index in [1.165, 1.54) is 19.3 Å². The monoisotopic (exact) mass is 427 g/mol. The predicted molar refractivity (Wildman–Crippen MR) is 115 cm³/mol. The van der Waals surface area contributed by atoms with Gasteiger partial charge in [0.25, 0.3) is 0 Å². The van der Waals surface area contributed by atoms with Crippen LogP contribution in [0.2, 0.25) is 0 Å². The molecule has 4 N–H and O–H groups in total. The number of hydrogen-bond donors (Lipinski definition) is 3. The van der Waals surface area contributed by atoms with Crippen molar-refractivity contribution in [2.24, 2.45) is 5.14 Å². The number of nitrogens with two attached hydrogens (primary N) is 1. The summed E-state index contributed by atoms with van der Waals surface area (Å²) in [7, 11) is -4.17. The number of nitrogens with one attached hydrogen (secondary N) is 1. The summed E-state index contributed by atoms with van der Waals surface area (Å²) in [6.07, 6.45) is 1.48. The zero-order valence-corrected chi connectivity index (χ0v) is 17.9. The number of nitrogens with zero attached hydrogens (tertiary/aromatic N) is 1. The summed E-state index contributed by atoms with van der Waals surface area (Å²) in [6.45, 7) is 5.10. The molecule has 30 heavy (non-hydrogen) atoms. The zero-order valence-electron chi connectivity index (χ0n) is 17.1. The number of hydrogen-bond acceptors (Lipinski definition) is 5. The van der Waals surface area contributed by atoms with E-state index in [1.807, 2.05) is 19.1 Å². The molecule has 0 aliphatic heterocycles. The van der Waals surface area contributed by atoms with Crippen LogP contribution in [0.25, 0.3) is 0 Å². The zero-order chi connectivity index (χ0) is 22.1. The molecular formula is C22H25N3O4S. The summed E-state index contributed by atoms with van der Waals surface area (Å²) in [5.41, 5.74) is 3.54. The first-order valence-corrected chi connectivity index (χ1v) is 11.0. The molecule has 2 heterocycles. The summed E-state index contributed by atoms with van der Waals surface area (Å²) in [6, 6.07) is 12.1. The van der Waals surface area contributed by atoms with E-state index in [0.717, 1.165) is 5.56 Å². The number of carbonyl (C=O) groups excluding carboxylic acids is 1. The first kappa shape index (κ1) is 21.9. The average molecular weight is 428 g/mol. The number of aliphatic hydroxyl groups excluding tert-OH is 1. The molecule has 3 aromatic rings. The van der Waals surface area contributed by atoms with Gasteiger partial charge in [0.15, 0.2) is 0 Å². The van der Waals surface area contributed by atoms with Gasteiger partial charge in [0.2, 0.25) is 15.8 Å². The van der Waals surface area contributed by atoms with Crippen LogP contribution in [0.4, 0.5) is 0 Å². The number of rotatable bonds is 7. The molecule has 0 aliphatic rings. The summed E-state index contributed by atoms with van der Waals surface area (Å²) in [5.74, 6) is -0.172. The van der Waals surface area contributed by atoms with Crippen molar-refractivity contribution in [3.8, 4) is 0 Å². The SMILES string of the molecule is Cc1ccc(C(=O)c2[nH]c(CC(O)C(C)(c3cccnc3)S(N)(=O)=O)cc2C)cc1. The van der Waals surface area contributed by atoms with Crippen molar-refractivity contribution in [2.45, 2.75) is 38.0 Å². The minimum absolute atomic E-state index is 0.0379. The van der Waals surface area contributed by atoms with Crippen molar-refractivity contribution in [3.63, 3.8) is 0 Å². The average Bonchev–Trinajstić information content (AvgIpc) is 3.07. The Morgan fingerprint density at radius 3 is 2.47 bits per heavy atom. The smallest absolute Gasteiger partial charge is 0.221 e. The molecule has 0 aliphatic carbocycles. The van der Waals surface area contributed by atoms with E-state index in [9.17, 15) is 18.3 Å². The number of pyridine rings is 1. The number of aryl methyl sites for hydroxylation is 2. The Kier molecular flexibility index (Phi) is 5.94. The Labute approximate surface area is 176 Å². The number of primary sulfonamides is 1. The number of aliphatic hydroxyl groups is 1. The Morgan fingerprint density at radius 2 is 1.90 bits per heavy atom. The van der Waals surface area contributed by atoms with Crippen LogP contribution in [-0.4, -0.2) is 35.4 Å². The van der Waals surface area contributed by atoms with Crippen LogP contribution in [-0.2, 0) is 21.2 Å². The summed E-state index contributed by atoms with van der Waals surface area (Å²) in [4.78, 5) is 19.8. The van der Waals surface area contributed by atoms with Gasteiger partial charge in [-0.2, -0.15) is 0 Å². The maximum Gasteiger partial charge on any atom is 0.221 e. The fourth-order valence-electron chi connectivity index (χ4n) is 3.43. The Bertz CT molecular complexity index is 1150. The van der Waals surface area contributed by atoms with E-state index < -0.39 is 20.9 Å². The number of benzene rings is 1. The summed E-state index contributed by atoms with van der Waals surface area (Å²) < 4.78 is 23.0. The largest absolute Gasteiger partial charge is 0.391 e. The number of carbonyl (C=O) groups is 1. The standard InChI is InChI=1S/C22H25N3O4S/c1-14-6-8-16(9-7-14)21(27)20-15(2)11-18(25-20)12-19(26)22(3,30(23,28)29)17-5-4-10-24-13-17/h4-11,13,19,25-26H,12H2,1-3H3,(H2,23,28,29). The number of sulfonamides is 1. The van der Waals surface area contributed by atoms with E-state index in [-0.39, 0.29) is 12.2 Å².